The Labute approximate surface area is 110 Å². The van der Waals surface area contributed by atoms with Crippen molar-refractivity contribution in [1.29, 1.82) is 0 Å². The van der Waals surface area contributed by atoms with Crippen LogP contribution in [0.3, 0.4) is 0 Å². The summed E-state index contributed by atoms with van der Waals surface area (Å²) in [7, 11) is 0. The second-order valence-electron chi connectivity index (χ2n) is 3.85. The van der Waals surface area contributed by atoms with Gasteiger partial charge in [0.05, 0.1) is 18.9 Å². The summed E-state index contributed by atoms with van der Waals surface area (Å²) in [5.41, 5.74) is -0.315. The Morgan fingerprint density at radius 3 is 2.37 bits per heavy atom. The zero-order chi connectivity index (χ0) is 13.8. The molecule has 0 atom stereocenters. The fourth-order valence-corrected chi connectivity index (χ4v) is 1.75. The molecule has 100 valence electrons. The second-order valence-corrected chi connectivity index (χ2v) is 3.85. The molecule has 0 heterocycles. The van der Waals surface area contributed by atoms with Crippen molar-refractivity contribution in [2.45, 2.75) is 13.8 Å². The van der Waals surface area contributed by atoms with Crippen LogP contribution in [0.2, 0.25) is 0 Å². The zero-order valence-electron chi connectivity index (χ0n) is 10.9. The van der Waals surface area contributed by atoms with Crippen molar-refractivity contribution in [2.24, 2.45) is 0 Å². The summed E-state index contributed by atoms with van der Waals surface area (Å²) in [5.74, 6) is 0.722. The van der Waals surface area contributed by atoms with Gasteiger partial charge in [-0.15, -0.1) is 0 Å². The Kier molecular flexibility index (Phi) is 3.85. The van der Waals surface area contributed by atoms with Gasteiger partial charge in [0.2, 0.25) is 0 Å². The van der Waals surface area contributed by atoms with Crippen LogP contribution in [-0.4, -0.2) is 13.2 Å². The second kappa shape index (κ2) is 5.56. The predicted molar refractivity (Wildman–Crippen MR) is 73.4 cm³/mol. The lowest BCUT2D eigenvalue weighted by Crippen LogP contribution is -2.35. The lowest BCUT2D eigenvalue weighted by molar-refractivity contribution is 0.334. The highest BCUT2D eigenvalue weighted by molar-refractivity contribution is 5.73. The number of rotatable bonds is 6. The van der Waals surface area contributed by atoms with Crippen LogP contribution in [0.5, 0.6) is 11.5 Å². The van der Waals surface area contributed by atoms with Crippen molar-refractivity contribution in [3.8, 4) is 11.5 Å². The van der Waals surface area contributed by atoms with E-state index in [1.807, 2.05) is 19.1 Å². The van der Waals surface area contributed by atoms with E-state index < -0.39 is 10.9 Å². The molecular formula is C14H15NO4. The first-order chi connectivity index (χ1) is 9.19. The van der Waals surface area contributed by atoms with E-state index in [9.17, 15) is 9.59 Å². The third-order valence-corrected chi connectivity index (χ3v) is 2.60. The first-order valence-corrected chi connectivity index (χ1v) is 6.14. The zero-order valence-corrected chi connectivity index (χ0v) is 10.9. The highest BCUT2D eigenvalue weighted by Gasteiger charge is 2.23. The summed E-state index contributed by atoms with van der Waals surface area (Å²) in [6.07, 6.45) is 0. The molecule has 0 amide bonds. The van der Waals surface area contributed by atoms with E-state index in [1.165, 1.54) is 0 Å². The number of hydrogen-bond donors (Lipinski definition) is 1. The van der Waals surface area contributed by atoms with Crippen molar-refractivity contribution < 1.29 is 9.47 Å². The number of ether oxygens (including phenoxy) is 2. The quantitative estimate of drug-likeness (QED) is 0.803. The van der Waals surface area contributed by atoms with E-state index in [1.54, 1.807) is 19.1 Å². The minimum atomic E-state index is -0.585. The average molecular weight is 261 g/mol. The van der Waals surface area contributed by atoms with Gasteiger partial charge in [0.15, 0.2) is 5.75 Å². The molecule has 0 aliphatic heterocycles. The Morgan fingerprint density at radius 2 is 1.68 bits per heavy atom. The molecule has 2 aromatic rings. The van der Waals surface area contributed by atoms with Gasteiger partial charge < -0.3 is 14.8 Å². The first-order valence-electron chi connectivity index (χ1n) is 6.14. The third-order valence-electron chi connectivity index (χ3n) is 2.60. The Balaban J connectivity index is 2.29. The molecule has 2 aromatic carbocycles. The van der Waals surface area contributed by atoms with Crippen LogP contribution >= 0.6 is 0 Å². The predicted octanol–water partition coefficient (Wildman–Crippen LogP) is 1.82. The minimum Gasteiger partial charge on any atom is -0.492 e. The molecule has 0 aliphatic carbocycles. The maximum Gasteiger partial charge on any atom is 0.272 e. The number of anilines is 2. The SMILES string of the molecule is CCOc1ccccc1Nc1c(OCC)c(=O)c1=O. The van der Waals surface area contributed by atoms with E-state index in [-0.39, 0.29) is 11.4 Å². The third kappa shape index (κ3) is 2.45. The van der Waals surface area contributed by atoms with E-state index >= 15 is 0 Å². The summed E-state index contributed by atoms with van der Waals surface area (Å²) in [4.78, 5) is 22.9. The van der Waals surface area contributed by atoms with Gasteiger partial charge in [-0.3, -0.25) is 9.59 Å². The van der Waals surface area contributed by atoms with Crippen molar-refractivity contribution in [1.82, 2.24) is 0 Å². The molecule has 0 bridgehead atoms. The first kappa shape index (κ1) is 13.1. The van der Waals surface area contributed by atoms with Crippen LogP contribution in [-0.2, 0) is 0 Å². The van der Waals surface area contributed by atoms with E-state index in [2.05, 4.69) is 5.32 Å². The number of benzene rings is 1. The molecule has 5 nitrogen and oxygen atoms in total. The van der Waals surface area contributed by atoms with Gasteiger partial charge in [0.25, 0.3) is 10.9 Å². The van der Waals surface area contributed by atoms with Crippen LogP contribution in [0.4, 0.5) is 11.4 Å². The van der Waals surface area contributed by atoms with Gasteiger partial charge in [-0.05, 0) is 26.0 Å². The molecule has 0 fully saturated rings. The number of nitrogens with one attached hydrogen (secondary N) is 1. The Bertz CT molecular complexity index is 641. The summed E-state index contributed by atoms with van der Waals surface area (Å²) >= 11 is 0. The largest absolute Gasteiger partial charge is 0.492 e. The minimum absolute atomic E-state index is 0.0961. The summed E-state index contributed by atoms with van der Waals surface area (Å²) in [5, 5.41) is 2.91. The van der Waals surface area contributed by atoms with E-state index in [0.717, 1.165) is 0 Å². The van der Waals surface area contributed by atoms with Gasteiger partial charge in [-0.25, -0.2) is 0 Å². The van der Waals surface area contributed by atoms with Crippen LogP contribution in [0.1, 0.15) is 13.8 Å². The van der Waals surface area contributed by atoms with Crippen molar-refractivity contribution in [2.75, 3.05) is 18.5 Å². The Morgan fingerprint density at radius 1 is 1.00 bits per heavy atom. The van der Waals surface area contributed by atoms with Crippen molar-refractivity contribution >= 4 is 11.4 Å². The van der Waals surface area contributed by atoms with Crippen molar-refractivity contribution in [3.05, 3.63) is 44.7 Å². The maximum atomic E-state index is 11.5. The van der Waals surface area contributed by atoms with Crippen molar-refractivity contribution in [3.63, 3.8) is 0 Å². The van der Waals surface area contributed by atoms with Gasteiger partial charge >= 0.3 is 0 Å². The molecule has 0 saturated carbocycles. The maximum absolute atomic E-state index is 11.5. The van der Waals surface area contributed by atoms with Gasteiger partial charge in [-0.1, -0.05) is 12.1 Å². The van der Waals surface area contributed by atoms with Crippen LogP contribution in [0.25, 0.3) is 0 Å². The summed E-state index contributed by atoms with van der Waals surface area (Å²) in [6.45, 7) is 4.49. The monoisotopic (exact) mass is 261 g/mol. The molecule has 1 N–H and O–H groups in total. The molecule has 0 radical (unpaired) electrons. The topological polar surface area (TPSA) is 64.6 Å². The molecule has 19 heavy (non-hydrogen) atoms. The molecule has 0 spiro atoms. The molecule has 2 rings (SSSR count). The molecular weight excluding hydrogens is 246 g/mol. The summed E-state index contributed by atoms with van der Waals surface area (Å²) in [6, 6.07) is 7.22. The lowest BCUT2D eigenvalue weighted by Gasteiger charge is -2.15. The molecule has 0 saturated heterocycles. The molecule has 0 unspecified atom stereocenters. The van der Waals surface area contributed by atoms with Crippen LogP contribution < -0.4 is 25.6 Å². The lowest BCUT2D eigenvalue weighted by atomic mass is 10.2. The average Bonchev–Trinajstić information content (AvgIpc) is 2.44. The van der Waals surface area contributed by atoms with E-state index in [0.29, 0.717) is 24.7 Å². The molecule has 5 heteroatoms. The van der Waals surface area contributed by atoms with Gasteiger partial charge in [-0.2, -0.15) is 0 Å². The normalized spacial score (nSPS) is 10.4. The highest BCUT2D eigenvalue weighted by Crippen LogP contribution is 2.29. The van der Waals surface area contributed by atoms with Gasteiger partial charge in [0, 0.05) is 0 Å². The van der Waals surface area contributed by atoms with Crippen LogP contribution in [0.15, 0.2) is 33.9 Å². The van der Waals surface area contributed by atoms with Crippen LogP contribution in [0, 0.1) is 0 Å². The highest BCUT2D eigenvalue weighted by atomic mass is 16.5. The standard InChI is InChI=1S/C14H15NO4/c1-3-18-10-8-6-5-7-9(10)15-11-12(16)13(17)14(11)19-4-2/h5-8,15H,3-4H2,1-2H3. The fourth-order valence-electron chi connectivity index (χ4n) is 1.75. The number of para-hydroxylation sites is 2. The Hall–Kier alpha value is -2.30. The smallest absolute Gasteiger partial charge is 0.272 e. The van der Waals surface area contributed by atoms with E-state index in [4.69, 9.17) is 9.47 Å². The molecule has 0 aliphatic rings. The van der Waals surface area contributed by atoms with Gasteiger partial charge in [0.1, 0.15) is 11.4 Å². The molecule has 0 aromatic heterocycles. The summed E-state index contributed by atoms with van der Waals surface area (Å²) < 4.78 is 10.6. The fraction of sp³-hybridized carbons (Fsp3) is 0.286. The number of hydrogen-bond acceptors (Lipinski definition) is 5.